The molecule has 25 heavy (non-hydrogen) atoms. The van der Waals surface area contributed by atoms with Crippen molar-refractivity contribution >= 4 is 17.4 Å². The number of fused-ring (bicyclic) bond motifs is 1. The number of nitrogens with one attached hydrogen (secondary N) is 1. The Bertz CT molecular complexity index is 654. The molecule has 2 heterocycles. The van der Waals surface area contributed by atoms with E-state index in [1.165, 1.54) is 11.1 Å². The molecule has 0 aliphatic carbocycles. The van der Waals surface area contributed by atoms with Gasteiger partial charge in [0.2, 0.25) is 11.8 Å². The van der Waals surface area contributed by atoms with Crippen molar-refractivity contribution in [1.29, 1.82) is 0 Å². The molecule has 1 aromatic rings. The first-order valence-electron chi connectivity index (χ1n) is 9.08. The molecule has 2 amide bonds. The van der Waals surface area contributed by atoms with Crippen LogP contribution in [0.15, 0.2) is 36.4 Å². The van der Waals surface area contributed by atoms with Crippen LogP contribution in [0, 0.1) is 5.92 Å². The minimum atomic E-state index is -0.350. The summed E-state index contributed by atoms with van der Waals surface area (Å²) >= 11 is 0. The van der Waals surface area contributed by atoms with Crippen molar-refractivity contribution in [2.75, 3.05) is 32.7 Å². The van der Waals surface area contributed by atoms with Gasteiger partial charge in [-0.25, -0.2) is 0 Å². The van der Waals surface area contributed by atoms with Crippen LogP contribution in [0.5, 0.6) is 0 Å². The smallest absolute Gasteiger partial charge is 0.244 e. The normalized spacial score (nSPS) is 22.1. The van der Waals surface area contributed by atoms with E-state index < -0.39 is 0 Å². The summed E-state index contributed by atoms with van der Waals surface area (Å²) in [4.78, 5) is 28.1. The van der Waals surface area contributed by atoms with E-state index in [9.17, 15) is 9.59 Å². The largest absolute Gasteiger partial charge is 0.345 e. The number of carbonyl (C=O) groups excluding carboxylic acids is 2. The van der Waals surface area contributed by atoms with Gasteiger partial charge in [0, 0.05) is 26.2 Å². The fraction of sp³-hybridized carbons (Fsp3) is 0.500. The van der Waals surface area contributed by atoms with E-state index >= 15 is 0 Å². The Labute approximate surface area is 149 Å². The highest BCUT2D eigenvalue weighted by atomic mass is 16.2. The first kappa shape index (κ1) is 17.7. The number of rotatable bonds is 5. The lowest BCUT2D eigenvalue weighted by molar-refractivity contribution is -0.148. The van der Waals surface area contributed by atoms with Gasteiger partial charge in [0.1, 0.15) is 6.04 Å². The third-order valence-corrected chi connectivity index (χ3v) is 4.88. The number of hydrogen-bond acceptors (Lipinski definition) is 3. The maximum Gasteiger partial charge on any atom is 0.244 e. The lowest BCUT2D eigenvalue weighted by Gasteiger charge is -2.43. The number of allylic oxidation sites excluding steroid dienone is 1. The second kappa shape index (κ2) is 7.83. The van der Waals surface area contributed by atoms with Gasteiger partial charge in [-0.1, -0.05) is 50.3 Å². The van der Waals surface area contributed by atoms with Crippen LogP contribution in [-0.4, -0.2) is 60.4 Å². The maximum absolute atomic E-state index is 12.1. The highest BCUT2D eigenvalue weighted by Crippen LogP contribution is 2.21. The highest BCUT2D eigenvalue weighted by Gasteiger charge is 2.38. The van der Waals surface area contributed by atoms with Gasteiger partial charge >= 0.3 is 0 Å². The van der Waals surface area contributed by atoms with Crippen molar-refractivity contribution in [3.8, 4) is 0 Å². The van der Waals surface area contributed by atoms with Crippen LogP contribution < -0.4 is 5.32 Å². The fourth-order valence-electron chi connectivity index (χ4n) is 3.43. The number of piperazine rings is 2. The summed E-state index contributed by atoms with van der Waals surface area (Å²) in [7, 11) is 0. The highest BCUT2D eigenvalue weighted by molar-refractivity contribution is 5.95. The minimum Gasteiger partial charge on any atom is -0.345 e. The van der Waals surface area contributed by atoms with E-state index in [2.05, 4.69) is 54.4 Å². The summed E-state index contributed by atoms with van der Waals surface area (Å²) in [5, 5.41) is 2.71. The van der Waals surface area contributed by atoms with E-state index in [4.69, 9.17) is 0 Å². The van der Waals surface area contributed by atoms with Gasteiger partial charge in [0.25, 0.3) is 0 Å². The van der Waals surface area contributed by atoms with Crippen molar-refractivity contribution in [2.24, 2.45) is 5.92 Å². The first-order chi connectivity index (χ1) is 12.0. The molecule has 2 fully saturated rings. The second-order valence-electron chi connectivity index (χ2n) is 7.28. The molecule has 5 heteroatoms. The first-order valence-corrected chi connectivity index (χ1v) is 9.08. The molecule has 0 spiro atoms. The topological polar surface area (TPSA) is 52.6 Å². The van der Waals surface area contributed by atoms with Crippen LogP contribution in [0.4, 0.5) is 0 Å². The van der Waals surface area contributed by atoms with E-state index in [0.29, 0.717) is 19.0 Å². The van der Waals surface area contributed by atoms with Gasteiger partial charge in [-0.05, 0) is 23.5 Å². The van der Waals surface area contributed by atoms with Crippen molar-refractivity contribution in [3.05, 3.63) is 42.0 Å². The Hall–Kier alpha value is -2.14. The maximum atomic E-state index is 12.1. The molecule has 0 bridgehead atoms. The van der Waals surface area contributed by atoms with Crippen LogP contribution >= 0.6 is 0 Å². The molecule has 2 aliphatic heterocycles. The van der Waals surface area contributed by atoms with Gasteiger partial charge in [-0.15, -0.1) is 0 Å². The molecule has 0 aromatic heterocycles. The number of amides is 2. The third kappa shape index (κ3) is 4.28. The molecule has 134 valence electrons. The van der Waals surface area contributed by atoms with Crippen molar-refractivity contribution in [1.82, 2.24) is 15.1 Å². The fourth-order valence-corrected chi connectivity index (χ4v) is 3.43. The zero-order valence-corrected chi connectivity index (χ0v) is 15.1. The predicted octanol–water partition coefficient (Wildman–Crippen LogP) is 1.76. The Balaban J connectivity index is 1.73. The monoisotopic (exact) mass is 341 g/mol. The van der Waals surface area contributed by atoms with Crippen LogP contribution in [0.25, 0.3) is 5.57 Å². The summed E-state index contributed by atoms with van der Waals surface area (Å²) in [6.45, 7) is 7.42. The lowest BCUT2D eigenvalue weighted by Crippen LogP contribution is -2.66. The van der Waals surface area contributed by atoms with Crippen molar-refractivity contribution in [3.63, 3.8) is 0 Å². The third-order valence-electron chi connectivity index (χ3n) is 4.88. The van der Waals surface area contributed by atoms with Gasteiger partial charge in [-0.2, -0.15) is 0 Å². The number of benzene rings is 1. The molecule has 1 N–H and O–H groups in total. The standard InChI is InChI=1S/C20H27N3O2/c1-15(2)8-9-17(16-6-4-3-5-7-16)13-22-10-11-23-18(14-22)20(25)21-12-19(23)24/h3-7,9,15,18H,8,10-14H2,1-2H3,(H,21,25)/b17-9+/t18-/m0/s1. The molecule has 0 unspecified atom stereocenters. The average molecular weight is 341 g/mol. The molecule has 5 nitrogen and oxygen atoms in total. The molecule has 2 aliphatic rings. The van der Waals surface area contributed by atoms with E-state index in [-0.39, 0.29) is 24.4 Å². The SMILES string of the molecule is CC(C)C/C=C(\CN1CCN2C(=O)CNC(=O)[C@@H]2C1)c1ccccc1. The molecule has 0 saturated carbocycles. The molecule has 0 radical (unpaired) electrons. The summed E-state index contributed by atoms with van der Waals surface area (Å²) in [5.41, 5.74) is 2.53. The van der Waals surface area contributed by atoms with Crippen LogP contribution in [0.1, 0.15) is 25.8 Å². The van der Waals surface area contributed by atoms with Crippen molar-refractivity contribution < 1.29 is 9.59 Å². The van der Waals surface area contributed by atoms with E-state index in [1.54, 1.807) is 4.90 Å². The van der Waals surface area contributed by atoms with Crippen LogP contribution in [-0.2, 0) is 9.59 Å². The summed E-state index contributed by atoms with van der Waals surface area (Å²) in [6.07, 6.45) is 3.35. The lowest BCUT2D eigenvalue weighted by atomic mass is 10.00. The molecule has 2 saturated heterocycles. The number of hydrogen-bond donors (Lipinski definition) is 1. The van der Waals surface area contributed by atoms with Gasteiger partial charge in [0.05, 0.1) is 6.54 Å². The molecular formula is C20H27N3O2. The summed E-state index contributed by atoms with van der Waals surface area (Å²) in [5.74, 6) is 0.608. The van der Waals surface area contributed by atoms with Crippen LogP contribution in [0.3, 0.4) is 0 Å². The zero-order chi connectivity index (χ0) is 17.8. The van der Waals surface area contributed by atoms with E-state index in [0.717, 1.165) is 19.5 Å². The Morgan fingerprint density at radius 2 is 2.00 bits per heavy atom. The summed E-state index contributed by atoms with van der Waals surface area (Å²) < 4.78 is 0. The second-order valence-corrected chi connectivity index (χ2v) is 7.28. The van der Waals surface area contributed by atoms with Gasteiger partial charge in [0.15, 0.2) is 0 Å². The zero-order valence-electron chi connectivity index (χ0n) is 15.1. The average Bonchev–Trinajstić information content (AvgIpc) is 2.62. The molecule has 1 aromatic carbocycles. The Morgan fingerprint density at radius 1 is 1.24 bits per heavy atom. The number of nitrogens with zero attached hydrogens (tertiary/aromatic N) is 2. The minimum absolute atomic E-state index is 0.0304. The van der Waals surface area contributed by atoms with Crippen molar-refractivity contribution in [2.45, 2.75) is 26.3 Å². The molecule has 1 atom stereocenters. The predicted molar refractivity (Wildman–Crippen MR) is 98.8 cm³/mol. The molecule has 3 rings (SSSR count). The molecular weight excluding hydrogens is 314 g/mol. The van der Waals surface area contributed by atoms with Gasteiger partial charge in [-0.3, -0.25) is 14.5 Å². The Morgan fingerprint density at radius 3 is 2.72 bits per heavy atom. The van der Waals surface area contributed by atoms with Gasteiger partial charge < -0.3 is 10.2 Å². The van der Waals surface area contributed by atoms with E-state index in [1.807, 2.05) is 6.07 Å². The summed E-state index contributed by atoms with van der Waals surface area (Å²) in [6, 6.07) is 10.1. The number of carbonyl (C=O) groups is 2. The quantitative estimate of drug-likeness (QED) is 0.888. The van der Waals surface area contributed by atoms with Crippen LogP contribution in [0.2, 0.25) is 0 Å². The Kier molecular flexibility index (Phi) is 5.53.